The fourth-order valence-corrected chi connectivity index (χ4v) is 5.89. The number of ether oxygens (including phenoxy) is 1. The van der Waals surface area contributed by atoms with Gasteiger partial charge in [-0.3, -0.25) is 9.59 Å². The molecule has 2 saturated carbocycles. The number of carboxylic acids is 1. The standard InChI is InChI=1S/C28H28N2O5/c1-2-8-23(24(31)29-17-28(25(32)33)16-27(28)13-7-14-27)30-26(34)35-15-22-20-11-5-3-9-18(20)19-10-4-6-12-21(19)22/h1,3-6,9-12,22-23H,7-8,13-17H2,(H,29,31)(H,30,34)(H,32,33). The van der Waals surface area contributed by atoms with Gasteiger partial charge < -0.3 is 20.5 Å². The van der Waals surface area contributed by atoms with E-state index in [2.05, 4.69) is 28.7 Å². The van der Waals surface area contributed by atoms with E-state index in [1.54, 1.807) is 0 Å². The third kappa shape index (κ3) is 3.83. The van der Waals surface area contributed by atoms with Gasteiger partial charge in [-0.1, -0.05) is 55.0 Å². The maximum absolute atomic E-state index is 12.8. The van der Waals surface area contributed by atoms with Crippen molar-refractivity contribution in [2.45, 2.75) is 44.1 Å². The molecule has 0 heterocycles. The monoisotopic (exact) mass is 472 g/mol. The second kappa shape index (κ2) is 8.77. The van der Waals surface area contributed by atoms with Gasteiger partial charge in [0.2, 0.25) is 5.91 Å². The lowest BCUT2D eigenvalue weighted by atomic mass is 9.75. The Morgan fingerprint density at radius 2 is 1.71 bits per heavy atom. The number of carbonyl (C=O) groups excluding carboxylic acids is 2. The Hall–Kier alpha value is -3.79. The molecule has 2 amide bonds. The summed E-state index contributed by atoms with van der Waals surface area (Å²) in [6.45, 7) is 0.156. The van der Waals surface area contributed by atoms with Crippen molar-refractivity contribution < 1.29 is 24.2 Å². The molecule has 3 aliphatic carbocycles. The van der Waals surface area contributed by atoms with Gasteiger partial charge in [-0.2, -0.15) is 0 Å². The first kappa shape index (κ1) is 23.0. The average molecular weight is 473 g/mol. The first-order chi connectivity index (χ1) is 16.9. The quantitative estimate of drug-likeness (QED) is 0.509. The number of terminal acetylenes is 1. The lowest BCUT2D eigenvalue weighted by Gasteiger charge is -2.31. The van der Waals surface area contributed by atoms with E-state index in [0.29, 0.717) is 6.42 Å². The van der Waals surface area contributed by atoms with Crippen molar-refractivity contribution in [2.75, 3.05) is 13.2 Å². The van der Waals surface area contributed by atoms with Crippen LogP contribution in [0.3, 0.4) is 0 Å². The van der Waals surface area contributed by atoms with Crippen LogP contribution in [0.25, 0.3) is 11.1 Å². The van der Waals surface area contributed by atoms with E-state index in [1.165, 1.54) is 0 Å². The summed E-state index contributed by atoms with van der Waals surface area (Å²) in [7, 11) is 0. The number of benzene rings is 2. The Bertz CT molecular complexity index is 1180. The van der Waals surface area contributed by atoms with E-state index in [1.807, 2.05) is 36.4 Å². The van der Waals surface area contributed by atoms with Crippen LogP contribution in [-0.4, -0.2) is 42.3 Å². The zero-order valence-electron chi connectivity index (χ0n) is 19.4. The first-order valence-corrected chi connectivity index (χ1v) is 12.0. The topological polar surface area (TPSA) is 105 Å². The Kier molecular flexibility index (Phi) is 5.76. The molecule has 0 saturated heterocycles. The number of hydrogen-bond acceptors (Lipinski definition) is 4. The van der Waals surface area contributed by atoms with Crippen molar-refractivity contribution in [3.8, 4) is 23.5 Å². The first-order valence-electron chi connectivity index (χ1n) is 12.0. The summed E-state index contributed by atoms with van der Waals surface area (Å²) < 4.78 is 5.53. The predicted molar refractivity (Wildman–Crippen MR) is 129 cm³/mol. The van der Waals surface area contributed by atoms with Gasteiger partial charge in [-0.15, -0.1) is 12.3 Å². The highest BCUT2D eigenvalue weighted by molar-refractivity contribution is 5.87. The predicted octanol–water partition coefficient (Wildman–Crippen LogP) is 3.68. The number of aliphatic carboxylic acids is 1. The van der Waals surface area contributed by atoms with Crippen LogP contribution in [0, 0.1) is 23.2 Å². The normalized spacial score (nSPS) is 21.6. The zero-order chi connectivity index (χ0) is 24.6. The third-order valence-electron chi connectivity index (χ3n) is 8.09. The van der Waals surface area contributed by atoms with Crippen molar-refractivity contribution in [3.05, 3.63) is 59.7 Å². The summed E-state index contributed by atoms with van der Waals surface area (Å²) in [6, 6.07) is 15.1. The summed E-state index contributed by atoms with van der Waals surface area (Å²) in [5.41, 5.74) is 3.33. The molecule has 1 spiro atoms. The minimum absolute atomic E-state index is 0.0265. The Morgan fingerprint density at radius 3 is 2.23 bits per heavy atom. The second-order valence-corrected chi connectivity index (χ2v) is 9.85. The van der Waals surface area contributed by atoms with E-state index in [9.17, 15) is 19.5 Å². The van der Waals surface area contributed by atoms with Gasteiger partial charge >= 0.3 is 12.1 Å². The maximum Gasteiger partial charge on any atom is 0.407 e. The van der Waals surface area contributed by atoms with E-state index in [4.69, 9.17) is 11.2 Å². The summed E-state index contributed by atoms with van der Waals surface area (Å²) >= 11 is 0. The van der Waals surface area contributed by atoms with Crippen LogP contribution in [-0.2, 0) is 14.3 Å². The van der Waals surface area contributed by atoms with E-state index in [-0.39, 0.29) is 30.9 Å². The minimum atomic E-state index is -1.00. The summed E-state index contributed by atoms with van der Waals surface area (Å²) in [5.74, 6) is 0.923. The fourth-order valence-electron chi connectivity index (χ4n) is 5.89. The smallest absolute Gasteiger partial charge is 0.407 e. The Morgan fingerprint density at radius 1 is 1.09 bits per heavy atom. The number of carbonyl (C=O) groups is 3. The number of nitrogens with one attached hydrogen (secondary N) is 2. The van der Waals surface area contributed by atoms with Gasteiger partial charge in [0.1, 0.15) is 12.6 Å². The van der Waals surface area contributed by atoms with E-state index in [0.717, 1.165) is 41.5 Å². The molecule has 5 rings (SSSR count). The molecule has 7 nitrogen and oxygen atoms in total. The van der Waals surface area contributed by atoms with Gasteiger partial charge in [-0.05, 0) is 46.9 Å². The van der Waals surface area contributed by atoms with Crippen LogP contribution in [0.1, 0.15) is 49.1 Å². The van der Waals surface area contributed by atoms with Gasteiger partial charge in [0, 0.05) is 18.9 Å². The number of amides is 2. The molecule has 2 aromatic rings. The molecule has 2 aromatic carbocycles. The molecule has 3 aliphatic rings. The average Bonchev–Trinajstić information content (AvgIpc) is 3.46. The highest BCUT2D eigenvalue weighted by Gasteiger charge is 2.73. The molecule has 0 radical (unpaired) electrons. The lowest BCUT2D eigenvalue weighted by Crippen LogP contribution is -2.49. The number of alkyl carbamates (subject to hydrolysis) is 1. The molecule has 2 unspecified atom stereocenters. The van der Waals surface area contributed by atoms with Crippen LogP contribution in [0.2, 0.25) is 0 Å². The van der Waals surface area contributed by atoms with Crippen LogP contribution in [0.5, 0.6) is 0 Å². The summed E-state index contributed by atoms with van der Waals surface area (Å²) in [5, 5.41) is 15.0. The van der Waals surface area contributed by atoms with Gasteiger partial charge in [0.15, 0.2) is 0 Å². The molecule has 35 heavy (non-hydrogen) atoms. The minimum Gasteiger partial charge on any atom is -0.481 e. The summed E-state index contributed by atoms with van der Waals surface area (Å²) in [4.78, 5) is 37.3. The molecule has 2 fully saturated rings. The molecule has 0 aromatic heterocycles. The van der Waals surface area contributed by atoms with E-state index < -0.39 is 29.4 Å². The molecular formula is C28H28N2O5. The molecule has 180 valence electrons. The SMILES string of the molecule is C#CCC(NC(=O)OCC1c2ccccc2-c2ccccc21)C(=O)NCC1(C(=O)O)CC12CCC2. The van der Waals surface area contributed by atoms with Crippen molar-refractivity contribution in [3.63, 3.8) is 0 Å². The van der Waals surface area contributed by atoms with Gasteiger partial charge in [-0.25, -0.2) is 4.79 Å². The molecular weight excluding hydrogens is 444 g/mol. The second-order valence-electron chi connectivity index (χ2n) is 9.85. The summed E-state index contributed by atoms with van der Waals surface area (Å²) in [6.07, 6.45) is 8.01. The van der Waals surface area contributed by atoms with Gasteiger partial charge in [0.05, 0.1) is 5.41 Å². The number of hydrogen-bond donors (Lipinski definition) is 3. The van der Waals surface area contributed by atoms with Crippen LogP contribution in [0.15, 0.2) is 48.5 Å². The van der Waals surface area contributed by atoms with Gasteiger partial charge in [0.25, 0.3) is 0 Å². The third-order valence-corrected chi connectivity index (χ3v) is 8.09. The van der Waals surface area contributed by atoms with Crippen LogP contribution >= 0.6 is 0 Å². The highest BCUT2D eigenvalue weighted by Crippen LogP contribution is 2.73. The van der Waals surface area contributed by atoms with Crippen molar-refractivity contribution in [1.29, 1.82) is 0 Å². The van der Waals surface area contributed by atoms with Crippen LogP contribution < -0.4 is 10.6 Å². The number of rotatable bonds is 8. The van der Waals surface area contributed by atoms with Crippen molar-refractivity contribution in [2.24, 2.45) is 10.8 Å². The fraction of sp³-hybridized carbons (Fsp3) is 0.393. The van der Waals surface area contributed by atoms with Crippen molar-refractivity contribution >= 4 is 18.0 Å². The van der Waals surface area contributed by atoms with Crippen molar-refractivity contribution in [1.82, 2.24) is 10.6 Å². The number of fused-ring (bicyclic) bond motifs is 3. The van der Waals surface area contributed by atoms with E-state index >= 15 is 0 Å². The lowest BCUT2D eigenvalue weighted by molar-refractivity contribution is -0.146. The Labute approximate surface area is 204 Å². The molecule has 7 heteroatoms. The highest BCUT2D eigenvalue weighted by atomic mass is 16.5. The molecule has 2 atom stereocenters. The van der Waals surface area contributed by atoms with Crippen LogP contribution in [0.4, 0.5) is 4.79 Å². The molecule has 3 N–H and O–H groups in total. The zero-order valence-corrected chi connectivity index (χ0v) is 19.4. The Balaban J connectivity index is 1.20. The largest absolute Gasteiger partial charge is 0.481 e. The maximum atomic E-state index is 12.8. The number of carboxylic acid groups (broad SMARTS) is 1. The molecule has 0 aliphatic heterocycles. The molecule has 0 bridgehead atoms.